The molecule has 0 atom stereocenters. The van der Waals surface area contributed by atoms with E-state index < -0.39 is 0 Å². The number of nitrogens with one attached hydrogen (secondary N) is 1. The fraction of sp³-hybridized carbons (Fsp3) is 0.100. The van der Waals surface area contributed by atoms with Crippen LogP contribution in [0.3, 0.4) is 0 Å². The second-order valence-electron chi connectivity index (χ2n) is 5.72. The van der Waals surface area contributed by atoms with Gasteiger partial charge in [-0.2, -0.15) is 0 Å². The molecule has 3 N–H and O–H groups in total. The molecule has 0 aliphatic rings. The topological polar surface area (TPSA) is 77.2 Å². The van der Waals surface area contributed by atoms with Crippen LogP contribution >= 0.6 is 0 Å². The molecule has 0 spiro atoms. The number of hydrogen-bond acceptors (Lipinski definition) is 4. The van der Waals surface area contributed by atoms with Crippen molar-refractivity contribution in [2.45, 2.75) is 13.8 Å². The molecule has 0 aliphatic carbocycles. The van der Waals surface area contributed by atoms with Crippen LogP contribution < -0.4 is 15.8 Å². The summed E-state index contributed by atoms with van der Waals surface area (Å²) in [5, 5.41) is 2.82. The lowest BCUT2D eigenvalue weighted by atomic mass is 10.1. The monoisotopic (exact) mass is 333 g/mol. The summed E-state index contributed by atoms with van der Waals surface area (Å²) in [5.74, 6) is 1.39. The van der Waals surface area contributed by atoms with Crippen molar-refractivity contribution in [3.8, 4) is 11.5 Å². The van der Waals surface area contributed by atoms with Crippen LogP contribution in [-0.4, -0.2) is 10.9 Å². The number of aryl methyl sites for hydroxylation is 2. The molecule has 3 rings (SSSR count). The summed E-state index contributed by atoms with van der Waals surface area (Å²) in [7, 11) is 0. The second kappa shape index (κ2) is 7.05. The molecular weight excluding hydrogens is 314 g/mol. The number of nitrogen functional groups attached to an aromatic ring is 1. The van der Waals surface area contributed by atoms with Gasteiger partial charge in [-0.25, -0.2) is 4.98 Å². The van der Waals surface area contributed by atoms with Gasteiger partial charge in [-0.3, -0.25) is 4.79 Å². The number of carbonyl (C=O) groups excluding carboxylic acids is 1. The zero-order chi connectivity index (χ0) is 17.8. The Bertz CT molecular complexity index is 891. The van der Waals surface area contributed by atoms with Gasteiger partial charge in [0.25, 0.3) is 5.91 Å². The minimum Gasteiger partial charge on any atom is -0.457 e. The maximum Gasteiger partial charge on any atom is 0.259 e. The summed E-state index contributed by atoms with van der Waals surface area (Å²) >= 11 is 0. The molecule has 0 saturated heterocycles. The Kier molecular flexibility index (Phi) is 4.66. The van der Waals surface area contributed by atoms with Crippen molar-refractivity contribution >= 4 is 17.4 Å². The Morgan fingerprint density at radius 1 is 1.00 bits per heavy atom. The minimum atomic E-state index is -0.287. The van der Waals surface area contributed by atoms with E-state index in [1.807, 2.05) is 44.2 Å². The van der Waals surface area contributed by atoms with Crippen LogP contribution in [0.4, 0.5) is 11.5 Å². The van der Waals surface area contributed by atoms with Gasteiger partial charge in [0.2, 0.25) is 0 Å². The lowest BCUT2D eigenvalue weighted by Crippen LogP contribution is -2.15. The maximum atomic E-state index is 12.4. The standard InChI is InChI=1S/C20H19N3O2/c1-13-12-18(19(21)22-14(13)2)20(24)23-15-8-10-17(11-9-15)25-16-6-4-3-5-7-16/h3-12H,1-2H3,(H2,21,22)(H,23,24). The Morgan fingerprint density at radius 3 is 2.32 bits per heavy atom. The zero-order valence-corrected chi connectivity index (χ0v) is 14.1. The van der Waals surface area contributed by atoms with Crippen molar-refractivity contribution in [3.05, 3.63) is 77.5 Å². The highest BCUT2D eigenvalue weighted by atomic mass is 16.5. The quantitative estimate of drug-likeness (QED) is 0.745. The van der Waals surface area contributed by atoms with Gasteiger partial charge in [0, 0.05) is 11.4 Å². The number of carbonyl (C=O) groups is 1. The normalized spacial score (nSPS) is 10.3. The first-order valence-corrected chi connectivity index (χ1v) is 7.91. The van der Waals surface area contributed by atoms with Gasteiger partial charge < -0.3 is 15.8 Å². The summed E-state index contributed by atoms with van der Waals surface area (Å²) in [6.07, 6.45) is 0. The van der Waals surface area contributed by atoms with Crippen LogP contribution in [0.5, 0.6) is 11.5 Å². The Hall–Kier alpha value is -3.34. The van der Waals surface area contributed by atoms with E-state index in [1.54, 1.807) is 30.3 Å². The molecule has 0 fully saturated rings. The number of aromatic nitrogens is 1. The Labute approximate surface area is 146 Å². The van der Waals surface area contributed by atoms with Gasteiger partial charge in [-0.15, -0.1) is 0 Å². The van der Waals surface area contributed by atoms with Gasteiger partial charge >= 0.3 is 0 Å². The molecule has 3 aromatic rings. The molecular formula is C20H19N3O2. The highest BCUT2D eigenvalue weighted by Gasteiger charge is 2.13. The number of nitrogens with zero attached hydrogens (tertiary/aromatic N) is 1. The van der Waals surface area contributed by atoms with Crippen LogP contribution in [-0.2, 0) is 0 Å². The molecule has 0 aliphatic heterocycles. The van der Waals surface area contributed by atoms with Gasteiger partial charge in [0.15, 0.2) is 0 Å². The lowest BCUT2D eigenvalue weighted by Gasteiger charge is -2.10. The maximum absolute atomic E-state index is 12.4. The van der Waals surface area contributed by atoms with Crippen LogP contribution in [0, 0.1) is 13.8 Å². The molecule has 25 heavy (non-hydrogen) atoms. The van der Waals surface area contributed by atoms with Gasteiger partial charge in [0.05, 0.1) is 5.56 Å². The fourth-order valence-corrected chi connectivity index (χ4v) is 2.34. The number of benzene rings is 2. The number of hydrogen-bond donors (Lipinski definition) is 2. The fourth-order valence-electron chi connectivity index (χ4n) is 2.34. The molecule has 5 heteroatoms. The van der Waals surface area contributed by atoms with Crippen LogP contribution in [0.1, 0.15) is 21.6 Å². The molecule has 0 radical (unpaired) electrons. The molecule has 1 aromatic heterocycles. The molecule has 1 amide bonds. The highest BCUT2D eigenvalue weighted by Crippen LogP contribution is 2.23. The van der Waals surface area contributed by atoms with Crippen molar-refractivity contribution in [1.29, 1.82) is 0 Å². The molecule has 0 bridgehead atoms. The van der Waals surface area contributed by atoms with Crippen molar-refractivity contribution < 1.29 is 9.53 Å². The molecule has 126 valence electrons. The smallest absolute Gasteiger partial charge is 0.259 e. The second-order valence-corrected chi connectivity index (χ2v) is 5.72. The Morgan fingerprint density at radius 2 is 1.64 bits per heavy atom. The Balaban J connectivity index is 1.71. The number of rotatable bonds is 4. The third-order valence-corrected chi connectivity index (χ3v) is 3.83. The average molecular weight is 333 g/mol. The van der Waals surface area contributed by atoms with E-state index in [4.69, 9.17) is 10.5 Å². The SMILES string of the molecule is Cc1cc(C(=O)Nc2ccc(Oc3ccccc3)cc2)c(N)nc1C. The first kappa shape index (κ1) is 16.5. The van der Waals surface area contributed by atoms with Crippen molar-refractivity contribution in [2.75, 3.05) is 11.1 Å². The third kappa shape index (κ3) is 3.95. The largest absolute Gasteiger partial charge is 0.457 e. The molecule has 0 unspecified atom stereocenters. The van der Waals surface area contributed by atoms with Crippen molar-refractivity contribution in [1.82, 2.24) is 4.98 Å². The van der Waals surface area contributed by atoms with E-state index in [0.717, 1.165) is 17.0 Å². The van der Waals surface area contributed by atoms with Crippen LogP contribution in [0.25, 0.3) is 0 Å². The predicted octanol–water partition coefficient (Wildman–Crippen LogP) is 4.33. The zero-order valence-electron chi connectivity index (χ0n) is 14.1. The van der Waals surface area contributed by atoms with Gasteiger partial charge in [-0.05, 0) is 61.9 Å². The highest BCUT2D eigenvalue weighted by molar-refractivity contribution is 6.07. The van der Waals surface area contributed by atoms with E-state index in [-0.39, 0.29) is 11.7 Å². The summed E-state index contributed by atoms with van der Waals surface area (Å²) in [5.41, 5.74) is 8.63. The van der Waals surface area contributed by atoms with Crippen LogP contribution in [0.15, 0.2) is 60.7 Å². The summed E-state index contributed by atoms with van der Waals surface area (Å²) in [4.78, 5) is 16.6. The van der Waals surface area contributed by atoms with E-state index in [2.05, 4.69) is 10.3 Å². The molecule has 5 nitrogen and oxygen atoms in total. The lowest BCUT2D eigenvalue weighted by molar-refractivity contribution is 0.102. The first-order valence-electron chi connectivity index (χ1n) is 7.91. The summed E-state index contributed by atoms with van der Waals surface area (Å²) in [6.45, 7) is 3.76. The molecule has 0 saturated carbocycles. The van der Waals surface area contributed by atoms with Crippen molar-refractivity contribution in [2.24, 2.45) is 0 Å². The molecule has 2 aromatic carbocycles. The van der Waals surface area contributed by atoms with E-state index in [0.29, 0.717) is 17.0 Å². The minimum absolute atomic E-state index is 0.227. The third-order valence-electron chi connectivity index (χ3n) is 3.83. The van der Waals surface area contributed by atoms with Gasteiger partial charge in [0.1, 0.15) is 17.3 Å². The summed E-state index contributed by atoms with van der Waals surface area (Å²) < 4.78 is 5.73. The number of nitrogens with two attached hydrogens (primary N) is 1. The van der Waals surface area contributed by atoms with Crippen LogP contribution in [0.2, 0.25) is 0 Å². The number of anilines is 2. The average Bonchev–Trinajstić information content (AvgIpc) is 2.60. The number of pyridine rings is 1. The predicted molar refractivity (Wildman–Crippen MR) is 99.0 cm³/mol. The van der Waals surface area contributed by atoms with Crippen molar-refractivity contribution in [3.63, 3.8) is 0 Å². The first-order chi connectivity index (χ1) is 12.0. The van der Waals surface area contributed by atoms with E-state index in [9.17, 15) is 4.79 Å². The number of ether oxygens (including phenoxy) is 1. The number of para-hydroxylation sites is 1. The van der Waals surface area contributed by atoms with Gasteiger partial charge in [-0.1, -0.05) is 18.2 Å². The van der Waals surface area contributed by atoms with E-state index >= 15 is 0 Å². The summed E-state index contributed by atoms with van der Waals surface area (Å²) in [6, 6.07) is 18.4. The number of amides is 1. The molecule has 1 heterocycles. The van der Waals surface area contributed by atoms with E-state index in [1.165, 1.54) is 0 Å².